The van der Waals surface area contributed by atoms with Crippen LogP contribution in [-0.2, 0) is 11.3 Å². The molecule has 1 N–H and O–H groups in total. The van der Waals surface area contributed by atoms with Crippen molar-refractivity contribution in [3.05, 3.63) is 11.0 Å². The van der Waals surface area contributed by atoms with E-state index in [1.54, 1.807) is 18.8 Å². The van der Waals surface area contributed by atoms with Gasteiger partial charge in [0.05, 0.1) is 19.9 Å². The molecule has 12 heavy (non-hydrogen) atoms. The van der Waals surface area contributed by atoms with E-state index in [0.717, 1.165) is 5.06 Å². The number of thiazole rings is 1. The van der Waals surface area contributed by atoms with E-state index >= 15 is 0 Å². The van der Waals surface area contributed by atoms with Crippen molar-refractivity contribution in [1.29, 1.82) is 5.41 Å². The SMILES string of the molecule is COCCn1cc(OC)sc1=N. The van der Waals surface area contributed by atoms with Gasteiger partial charge in [-0.15, -0.1) is 0 Å². The number of rotatable bonds is 4. The van der Waals surface area contributed by atoms with Crippen LogP contribution in [0.2, 0.25) is 0 Å². The molecule has 0 saturated heterocycles. The number of aromatic nitrogens is 1. The molecule has 0 bridgehead atoms. The summed E-state index contributed by atoms with van der Waals surface area (Å²) in [6.45, 7) is 1.33. The van der Waals surface area contributed by atoms with Crippen molar-refractivity contribution in [1.82, 2.24) is 4.57 Å². The van der Waals surface area contributed by atoms with Crippen LogP contribution in [-0.4, -0.2) is 25.4 Å². The van der Waals surface area contributed by atoms with Crippen LogP contribution >= 0.6 is 11.3 Å². The first-order valence-corrected chi connectivity index (χ1v) is 4.37. The maximum absolute atomic E-state index is 7.52. The fourth-order valence-electron chi connectivity index (χ4n) is 0.816. The standard InChI is InChI=1S/C7H12N2O2S/c1-10-4-3-9-5-6(11-2)12-7(9)8/h5,8H,3-4H2,1-2H3. The van der Waals surface area contributed by atoms with Crippen LogP contribution in [0.1, 0.15) is 0 Å². The summed E-state index contributed by atoms with van der Waals surface area (Å²) in [5.41, 5.74) is 0. The molecule has 1 heterocycles. The Balaban J connectivity index is 2.71. The molecule has 0 aliphatic carbocycles. The molecular weight excluding hydrogens is 176 g/mol. The molecule has 0 unspecified atom stereocenters. The lowest BCUT2D eigenvalue weighted by molar-refractivity contribution is 0.186. The quantitative estimate of drug-likeness (QED) is 0.755. The molecule has 4 nitrogen and oxygen atoms in total. The number of methoxy groups -OCH3 is 2. The fraction of sp³-hybridized carbons (Fsp3) is 0.571. The van der Waals surface area contributed by atoms with Crippen LogP contribution < -0.4 is 9.54 Å². The summed E-state index contributed by atoms with van der Waals surface area (Å²) in [5.74, 6) is 0. The van der Waals surface area contributed by atoms with E-state index in [2.05, 4.69) is 0 Å². The summed E-state index contributed by atoms with van der Waals surface area (Å²) in [5, 5.41) is 8.28. The number of hydrogen-bond donors (Lipinski definition) is 1. The van der Waals surface area contributed by atoms with Crippen LogP contribution in [0.25, 0.3) is 0 Å². The van der Waals surface area contributed by atoms with Gasteiger partial charge in [0.1, 0.15) is 0 Å². The number of nitrogens with zero attached hydrogens (tertiary/aromatic N) is 1. The van der Waals surface area contributed by atoms with Crippen LogP contribution in [0.3, 0.4) is 0 Å². The summed E-state index contributed by atoms with van der Waals surface area (Å²) >= 11 is 1.32. The van der Waals surface area contributed by atoms with Crippen molar-refractivity contribution < 1.29 is 9.47 Å². The van der Waals surface area contributed by atoms with Gasteiger partial charge in [-0.1, -0.05) is 11.3 Å². The number of hydrogen-bond acceptors (Lipinski definition) is 4. The minimum absolute atomic E-state index is 0.490. The Morgan fingerprint density at radius 3 is 2.83 bits per heavy atom. The van der Waals surface area contributed by atoms with Gasteiger partial charge in [-0.05, 0) is 0 Å². The minimum atomic E-state index is 0.490. The normalized spacial score (nSPS) is 10.2. The van der Waals surface area contributed by atoms with E-state index < -0.39 is 0 Å². The van der Waals surface area contributed by atoms with Gasteiger partial charge in [-0.25, -0.2) is 0 Å². The average Bonchev–Trinajstić information content (AvgIpc) is 2.43. The second kappa shape index (κ2) is 4.27. The molecule has 1 aromatic rings. The Kier molecular flexibility index (Phi) is 3.31. The number of nitrogens with one attached hydrogen (secondary N) is 1. The monoisotopic (exact) mass is 188 g/mol. The van der Waals surface area contributed by atoms with Crippen molar-refractivity contribution >= 4 is 11.3 Å². The minimum Gasteiger partial charge on any atom is -0.486 e. The molecule has 0 atom stereocenters. The highest BCUT2D eigenvalue weighted by Gasteiger charge is 1.99. The van der Waals surface area contributed by atoms with Crippen LogP contribution in [0.4, 0.5) is 0 Å². The molecule has 68 valence electrons. The van der Waals surface area contributed by atoms with E-state index in [9.17, 15) is 0 Å². The molecule has 0 aliphatic heterocycles. The molecule has 0 aromatic carbocycles. The summed E-state index contributed by atoms with van der Waals surface area (Å²) in [7, 11) is 3.25. The summed E-state index contributed by atoms with van der Waals surface area (Å²) in [6, 6.07) is 0. The Morgan fingerprint density at radius 2 is 2.33 bits per heavy atom. The topological polar surface area (TPSA) is 47.2 Å². The predicted octanol–water partition coefficient (Wildman–Crippen LogP) is 0.684. The Bertz CT molecular complexity index is 292. The largest absolute Gasteiger partial charge is 0.486 e. The molecule has 0 aliphatic rings. The van der Waals surface area contributed by atoms with Crippen LogP contribution in [0, 0.1) is 5.41 Å². The van der Waals surface area contributed by atoms with Crippen LogP contribution in [0.5, 0.6) is 5.06 Å². The average molecular weight is 188 g/mol. The third-order valence-electron chi connectivity index (χ3n) is 1.46. The Morgan fingerprint density at radius 1 is 1.58 bits per heavy atom. The van der Waals surface area contributed by atoms with Crippen molar-refractivity contribution in [2.75, 3.05) is 20.8 Å². The van der Waals surface area contributed by atoms with Gasteiger partial charge in [0.15, 0.2) is 9.86 Å². The lowest BCUT2D eigenvalue weighted by Gasteiger charge is -1.98. The van der Waals surface area contributed by atoms with E-state index in [4.69, 9.17) is 14.9 Å². The zero-order valence-corrected chi connectivity index (χ0v) is 7.98. The number of ether oxygens (including phenoxy) is 2. The van der Waals surface area contributed by atoms with Gasteiger partial charge in [0.2, 0.25) is 0 Å². The highest BCUT2D eigenvalue weighted by Crippen LogP contribution is 2.12. The lowest BCUT2D eigenvalue weighted by atomic mass is 10.6. The van der Waals surface area contributed by atoms with Gasteiger partial charge in [-0.3, -0.25) is 5.41 Å². The highest BCUT2D eigenvalue weighted by atomic mass is 32.1. The van der Waals surface area contributed by atoms with Crippen molar-refractivity contribution in [2.24, 2.45) is 0 Å². The first-order chi connectivity index (χ1) is 5.77. The lowest BCUT2D eigenvalue weighted by Crippen LogP contribution is -2.14. The second-order valence-corrected chi connectivity index (χ2v) is 3.24. The van der Waals surface area contributed by atoms with Gasteiger partial charge >= 0.3 is 0 Å². The zero-order valence-electron chi connectivity index (χ0n) is 7.16. The summed E-state index contributed by atoms with van der Waals surface area (Å²) in [4.78, 5) is 0.490. The molecule has 5 heteroatoms. The van der Waals surface area contributed by atoms with Crippen LogP contribution in [0.15, 0.2) is 6.20 Å². The van der Waals surface area contributed by atoms with Gasteiger partial charge in [-0.2, -0.15) is 0 Å². The zero-order chi connectivity index (χ0) is 8.97. The molecule has 1 aromatic heterocycles. The van der Waals surface area contributed by atoms with Crippen molar-refractivity contribution in [3.8, 4) is 5.06 Å². The second-order valence-electron chi connectivity index (χ2n) is 2.25. The summed E-state index contributed by atoms with van der Waals surface area (Å²) < 4.78 is 11.7. The molecule has 0 fully saturated rings. The molecule has 1 rings (SSSR count). The summed E-state index contributed by atoms with van der Waals surface area (Å²) in [6.07, 6.45) is 1.81. The predicted molar refractivity (Wildman–Crippen MR) is 46.6 cm³/mol. The molecule has 0 saturated carbocycles. The third-order valence-corrected chi connectivity index (χ3v) is 2.36. The highest BCUT2D eigenvalue weighted by molar-refractivity contribution is 7.11. The smallest absolute Gasteiger partial charge is 0.193 e. The van der Waals surface area contributed by atoms with E-state index in [1.165, 1.54) is 11.3 Å². The first kappa shape index (κ1) is 9.28. The van der Waals surface area contributed by atoms with Gasteiger partial charge in [0, 0.05) is 13.7 Å². The molecular formula is C7H12N2O2S. The maximum atomic E-state index is 7.52. The van der Waals surface area contributed by atoms with Crippen molar-refractivity contribution in [3.63, 3.8) is 0 Å². The molecule has 0 spiro atoms. The van der Waals surface area contributed by atoms with Gasteiger partial charge in [0.25, 0.3) is 0 Å². The van der Waals surface area contributed by atoms with E-state index in [-0.39, 0.29) is 0 Å². The Hall–Kier alpha value is -0.810. The first-order valence-electron chi connectivity index (χ1n) is 3.55. The van der Waals surface area contributed by atoms with Gasteiger partial charge < -0.3 is 14.0 Å². The van der Waals surface area contributed by atoms with E-state index in [0.29, 0.717) is 18.0 Å². The fourth-order valence-corrected chi connectivity index (χ4v) is 1.53. The molecule has 0 amide bonds. The third kappa shape index (κ3) is 2.09. The van der Waals surface area contributed by atoms with Crippen molar-refractivity contribution in [2.45, 2.75) is 6.54 Å². The Labute approximate surface area is 74.9 Å². The van der Waals surface area contributed by atoms with E-state index in [1.807, 2.05) is 6.20 Å². The molecule has 0 radical (unpaired) electrons. The maximum Gasteiger partial charge on any atom is 0.193 e.